The first-order chi connectivity index (χ1) is 8.00. The van der Waals surface area contributed by atoms with Crippen molar-refractivity contribution >= 4 is 0 Å². The summed E-state index contributed by atoms with van der Waals surface area (Å²) in [6.45, 7) is 0. The topological polar surface area (TPSA) is 0 Å². The van der Waals surface area contributed by atoms with E-state index in [0.717, 1.165) is 0 Å². The molecule has 0 aromatic heterocycles. The Balaban J connectivity index is 2.15. The molecule has 0 aliphatic heterocycles. The van der Waals surface area contributed by atoms with E-state index in [1.54, 1.807) is 0 Å². The van der Waals surface area contributed by atoms with E-state index in [2.05, 4.69) is 24.3 Å². The highest BCUT2D eigenvalue weighted by Gasteiger charge is 1.92. The monoisotopic (exact) mass is 220 g/mol. The van der Waals surface area contributed by atoms with Crippen molar-refractivity contribution in [1.82, 2.24) is 0 Å². The van der Waals surface area contributed by atoms with Gasteiger partial charge in [0.1, 0.15) is 0 Å². The van der Waals surface area contributed by atoms with E-state index in [-0.39, 0.29) is 0 Å². The first-order valence-corrected chi connectivity index (χ1v) is 7.32. The average molecular weight is 220 g/mol. The molecule has 0 nitrogen and oxygen atoms in total. The zero-order chi connectivity index (χ0) is 11.3. The third kappa shape index (κ3) is 8.76. The number of rotatable bonds is 0. The lowest BCUT2D eigenvalue weighted by molar-refractivity contribution is 0.553. The highest BCUT2D eigenvalue weighted by molar-refractivity contribution is 5.02. The summed E-state index contributed by atoms with van der Waals surface area (Å²) in [4.78, 5) is 0. The Hall–Kier alpha value is -0.520. The summed E-state index contributed by atoms with van der Waals surface area (Å²) in [5.41, 5.74) is 0. The van der Waals surface area contributed by atoms with E-state index in [1.807, 2.05) is 0 Å². The second kappa shape index (κ2) is 11.0. The van der Waals surface area contributed by atoms with Gasteiger partial charge in [0.05, 0.1) is 0 Å². The van der Waals surface area contributed by atoms with Crippen molar-refractivity contribution < 1.29 is 0 Å². The van der Waals surface area contributed by atoms with Gasteiger partial charge < -0.3 is 0 Å². The van der Waals surface area contributed by atoms with E-state index in [9.17, 15) is 0 Å². The molecule has 0 aromatic carbocycles. The second-order valence-electron chi connectivity index (χ2n) is 4.97. The molecule has 1 rings (SSSR count). The Morgan fingerprint density at radius 1 is 0.375 bits per heavy atom. The van der Waals surface area contributed by atoms with E-state index < -0.39 is 0 Å². The van der Waals surface area contributed by atoms with Crippen LogP contribution in [0.5, 0.6) is 0 Å². The average Bonchev–Trinajstić information content (AvgIpc) is 2.29. The maximum Gasteiger partial charge on any atom is -0.0348 e. The van der Waals surface area contributed by atoms with Crippen LogP contribution in [0.3, 0.4) is 0 Å². The van der Waals surface area contributed by atoms with Crippen LogP contribution in [0.2, 0.25) is 0 Å². The van der Waals surface area contributed by atoms with Crippen molar-refractivity contribution in [3.63, 3.8) is 0 Å². The maximum atomic E-state index is 2.32. The highest BCUT2D eigenvalue weighted by Crippen LogP contribution is 2.12. The van der Waals surface area contributed by atoms with Crippen LogP contribution >= 0.6 is 0 Å². The molecule has 0 unspecified atom stereocenters. The summed E-state index contributed by atoms with van der Waals surface area (Å²) in [5.74, 6) is 0. The van der Waals surface area contributed by atoms with E-state index in [0.29, 0.717) is 0 Å². The molecular formula is C16H28. The Bertz CT molecular complexity index is 166. The van der Waals surface area contributed by atoms with Crippen LogP contribution in [0.25, 0.3) is 0 Å². The van der Waals surface area contributed by atoms with Crippen LogP contribution in [0.1, 0.15) is 77.0 Å². The van der Waals surface area contributed by atoms with Gasteiger partial charge in [-0.15, -0.1) is 0 Å². The Morgan fingerprint density at radius 2 is 0.688 bits per heavy atom. The number of hydrogen-bond donors (Lipinski definition) is 0. The summed E-state index contributed by atoms with van der Waals surface area (Å²) in [6.07, 6.45) is 26.0. The summed E-state index contributed by atoms with van der Waals surface area (Å²) < 4.78 is 0. The zero-order valence-corrected chi connectivity index (χ0v) is 10.8. The Morgan fingerprint density at radius 3 is 1.06 bits per heavy atom. The highest BCUT2D eigenvalue weighted by atomic mass is 14.0. The minimum absolute atomic E-state index is 1.27. The molecule has 0 saturated heterocycles. The van der Waals surface area contributed by atoms with Gasteiger partial charge >= 0.3 is 0 Å². The van der Waals surface area contributed by atoms with Gasteiger partial charge in [-0.1, -0.05) is 75.7 Å². The molecule has 0 spiro atoms. The molecule has 16 heavy (non-hydrogen) atoms. The quantitative estimate of drug-likeness (QED) is 0.484. The second-order valence-corrected chi connectivity index (χ2v) is 4.97. The summed E-state index contributed by atoms with van der Waals surface area (Å²) in [6, 6.07) is 0. The third-order valence-electron chi connectivity index (χ3n) is 3.37. The lowest BCUT2D eigenvalue weighted by atomic mass is 10.0. The van der Waals surface area contributed by atoms with Gasteiger partial charge in [0.25, 0.3) is 0 Å². The first-order valence-electron chi connectivity index (χ1n) is 7.32. The molecule has 0 saturated carbocycles. The van der Waals surface area contributed by atoms with Crippen molar-refractivity contribution in [2.24, 2.45) is 0 Å². The van der Waals surface area contributed by atoms with Crippen LogP contribution in [-0.4, -0.2) is 0 Å². The number of hydrogen-bond acceptors (Lipinski definition) is 0. The van der Waals surface area contributed by atoms with Crippen LogP contribution in [0.4, 0.5) is 0 Å². The van der Waals surface area contributed by atoms with Gasteiger partial charge in [0.2, 0.25) is 0 Å². The largest absolute Gasteiger partial charge is 0.0845 e. The van der Waals surface area contributed by atoms with E-state index in [1.165, 1.54) is 77.0 Å². The van der Waals surface area contributed by atoms with Gasteiger partial charge in [0, 0.05) is 0 Å². The molecule has 0 heterocycles. The third-order valence-corrected chi connectivity index (χ3v) is 3.37. The Labute approximate surface area is 102 Å². The van der Waals surface area contributed by atoms with Crippen LogP contribution in [-0.2, 0) is 0 Å². The SMILES string of the molecule is C1=C\CCCCCCCCCCCC\C=C/1. The molecular weight excluding hydrogens is 192 g/mol. The minimum atomic E-state index is 1.27. The Kier molecular flexibility index (Phi) is 9.30. The molecule has 0 amide bonds. The summed E-state index contributed by atoms with van der Waals surface area (Å²) in [7, 11) is 0. The molecule has 0 fully saturated rings. The standard InChI is InChI=1S/C16H28/c1-2-4-6-8-10-12-14-16-15-13-11-9-7-5-3-1/h1-4H,5-16H2/b3-1-,4-2-. The first kappa shape index (κ1) is 13.5. The molecule has 1 aliphatic rings. The molecule has 92 valence electrons. The fourth-order valence-electron chi connectivity index (χ4n) is 2.29. The molecule has 0 aromatic rings. The van der Waals surface area contributed by atoms with Crippen LogP contribution in [0.15, 0.2) is 24.3 Å². The van der Waals surface area contributed by atoms with Gasteiger partial charge in [0.15, 0.2) is 0 Å². The van der Waals surface area contributed by atoms with Gasteiger partial charge in [-0.05, 0) is 25.7 Å². The van der Waals surface area contributed by atoms with Crippen LogP contribution in [0, 0.1) is 0 Å². The van der Waals surface area contributed by atoms with Crippen LogP contribution < -0.4 is 0 Å². The molecule has 0 N–H and O–H groups in total. The molecule has 0 radical (unpaired) electrons. The smallest absolute Gasteiger partial charge is 0.0348 e. The normalized spacial score (nSPS) is 26.0. The zero-order valence-electron chi connectivity index (χ0n) is 10.8. The van der Waals surface area contributed by atoms with Gasteiger partial charge in [-0.3, -0.25) is 0 Å². The van der Waals surface area contributed by atoms with E-state index >= 15 is 0 Å². The lowest BCUT2D eigenvalue weighted by Gasteiger charge is -2.02. The van der Waals surface area contributed by atoms with Crippen molar-refractivity contribution in [1.29, 1.82) is 0 Å². The molecule has 0 bridgehead atoms. The predicted molar refractivity (Wildman–Crippen MR) is 73.7 cm³/mol. The van der Waals surface area contributed by atoms with Crippen molar-refractivity contribution in [2.75, 3.05) is 0 Å². The minimum Gasteiger partial charge on any atom is -0.0845 e. The maximum absolute atomic E-state index is 2.32. The predicted octanol–water partition coefficient (Wildman–Crippen LogP) is 5.79. The fraction of sp³-hybridized carbons (Fsp3) is 0.750. The van der Waals surface area contributed by atoms with Gasteiger partial charge in [-0.25, -0.2) is 0 Å². The fourth-order valence-corrected chi connectivity index (χ4v) is 2.29. The van der Waals surface area contributed by atoms with E-state index in [4.69, 9.17) is 0 Å². The molecule has 0 atom stereocenters. The summed E-state index contributed by atoms with van der Waals surface area (Å²) >= 11 is 0. The lowest BCUT2D eigenvalue weighted by Crippen LogP contribution is -1.82. The molecule has 0 heteroatoms. The van der Waals surface area contributed by atoms with Crippen molar-refractivity contribution in [3.8, 4) is 0 Å². The number of allylic oxidation sites excluding steroid dienone is 4. The molecule has 1 aliphatic carbocycles. The van der Waals surface area contributed by atoms with Gasteiger partial charge in [-0.2, -0.15) is 0 Å². The van der Waals surface area contributed by atoms with Crippen molar-refractivity contribution in [3.05, 3.63) is 24.3 Å². The summed E-state index contributed by atoms with van der Waals surface area (Å²) in [5, 5.41) is 0. The van der Waals surface area contributed by atoms with Crippen molar-refractivity contribution in [2.45, 2.75) is 77.0 Å².